The van der Waals surface area contributed by atoms with Crippen molar-refractivity contribution in [2.75, 3.05) is 0 Å². The fourth-order valence-electron chi connectivity index (χ4n) is 6.58. The van der Waals surface area contributed by atoms with Crippen LogP contribution in [0.3, 0.4) is 0 Å². The van der Waals surface area contributed by atoms with Crippen LogP contribution in [-0.2, 0) is 0 Å². The molecule has 1 aromatic heterocycles. The molecule has 7 heteroatoms. The minimum Gasteiger partial charge on any atom is -0.345 e. The summed E-state index contributed by atoms with van der Waals surface area (Å²) in [5, 5.41) is 12.3. The highest BCUT2D eigenvalue weighted by molar-refractivity contribution is 8.03. The van der Waals surface area contributed by atoms with Gasteiger partial charge in [0.15, 0.2) is 17.5 Å². The van der Waals surface area contributed by atoms with E-state index in [9.17, 15) is 0 Å². The molecule has 6 nitrogen and oxygen atoms in total. The normalized spacial score (nSPS) is 14.0. The molecule has 8 rings (SSSR count). The number of benzene rings is 6. The Kier molecular flexibility index (Phi) is 10.4. The van der Waals surface area contributed by atoms with Gasteiger partial charge in [0.2, 0.25) is 0 Å². The first-order valence-electron chi connectivity index (χ1n) is 18.1. The molecule has 266 valence electrons. The van der Waals surface area contributed by atoms with Crippen LogP contribution in [0.25, 0.3) is 45.3 Å². The van der Waals surface area contributed by atoms with Crippen molar-refractivity contribution in [1.82, 2.24) is 20.3 Å². The number of aromatic nitrogens is 3. The smallest absolute Gasteiger partial charge is 0.164 e. The zero-order valence-corrected chi connectivity index (χ0v) is 31.0. The summed E-state index contributed by atoms with van der Waals surface area (Å²) in [6.45, 7) is 8.76. The highest BCUT2D eigenvalue weighted by Crippen LogP contribution is 2.51. The van der Waals surface area contributed by atoms with E-state index in [1.807, 2.05) is 128 Å². The van der Waals surface area contributed by atoms with Crippen molar-refractivity contribution in [2.24, 2.45) is 4.99 Å². The van der Waals surface area contributed by atoms with Gasteiger partial charge in [-0.05, 0) is 50.8 Å². The first-order valence-corrected chi connectivity index (χ1v) is 18.9. The lowest BCUT2D eigenvalue weighted by atomic mass is 9.90. The first kappa shape index (κ1) is 35.3. The summed E-state index contributed by atoms with van der Waals surface area (Å²) in [7, 11) is 0. The molecule has 2 atom stereocenters. The van der Waals surface area contributed by atoms with Crippen molar-refractivity contribution >= 4 is 23.8 Å². The summed E-state index contributed by atoms with van der Waals surface area (Å²) in [6.07, 6.45) is 2.01. The van der Waals surface area contributed by atoms with Crippen LogP contribution in [0.2, 0.25) is 0 Å². The number of hydrogen-bond donors (Lipinski definition) is 2. The molecule has 2 N–H and O–H groups in total. The third kappa shape index (κ3) is 8.12. The van der Waals surface area contributed by atoms with E-state index in [2.05, 4.69) is 60.9 Å². The van der Waals surface area contributed by atoms with Crippen LogP contribution in [0.5, 0.6) is 0 Å². The number of fused-ring (bicyclic) bond motifs is 1. The predicted octanol–water partition coefficient (Wildman–Crippen LogP) is 11.6. The lowest BCUT2D eigenvalue weighted by molar-refractivity contribution is 0.680. The van der Waals surface area contributed by atoms with E-state index in [1.54, 1.807) is 11.8 Å². The summed E-state index contributed by atoms with van der Waals surface area (Å²) in [6, 6.07) is 55.0. The van der Waals surface area contributed by atoms with E-state index in [-0.39, 0.29) is 11.8 Å². The fourth-order valence-corrected chi connectivity index (χ4v) is 7.73. The number of nitrogens with zero attached hydrogens (tertiary/aromatic N) is 4. The standard InChI is InChI=1S/C48H38N6S/c1-32(44(49)51-45(36-17-9-4-10-18-36)50-31-34-15-7-3-8-16-34)29-42-33(2)55-43-30-40(27-28-41(42)43)35-23-25-39(26-24-35)48-53-46(37-19-11-5-12-20-37)52-47(54-48)38-21-13-6-14-22-38/h3-28,30-31,42,45H,1-2,29H2,(H2,49,51)/b50-31+. The summed E-state index contributed by atoms with van der Waals surface area (Å²) < 4.78 is 0. The van der Waals surface area contributed by atoms with Crippen molar-refractivity contribution in [3.8, 4) is 45.3 Å². The molecule has 0 saturated heterocycles. The van der Waals surface area contributed by atoms with E-state index in [0.717, 1.165) is 43.8 Å². The van der Waals surface area contributed by atoms with Gasteiger partial charge < -0.3 is 5.32 Å². The van der Waals surface area contributed by atoms with E-state index < -0.39 is 6.17 Å². The van der Waals surface area contributed by atoms with Crippen molar-refractivity contribution < 1.29 is 0 Å². The molecule has 7 aromatic rings. The number of thioether (sulfide) groups is 1. The lowest BCUT2D eigenvalue weighted by Gasteiger charge is -2.20. The Morgan fingerprint density at radius 1 is 0.655 bits per heavy atom. The van der Waals surface area contributed by atoms with Gasteiger partial charge in [0.1, 0.15) is 12.0 Å². The van der Waals surface area contributed by atoms with Gasteiger partial charge in [-0.2, -0.15) is 0 Å². The van der Waals surface area contributed by atoms with Crippen LogP contribution in [0.15, 0.2) is 197 Å². The van der Waals surface area contributed by atoms with Gasteiger partial charge in [0.05, 0.1) is 0 Å². The van der Waals surface area contributed by atoms with Crippen molar-refractivity contribution in [1.29, 1.82) is 5.41 Å². The van der Waals surface area contributed by atoms with Crippen LogP contribution < -0.4 is 5.32 Å². The molecule has 0 aliphatic carbocycles. The molecule has 2 heterocycles. The first-order chi connectivity index (χ1) is 27.0. The summed E-state index contributed by atoms with van der Waals surface area (Å²) in [5.41, 5.74) is 8.90. The minimum atomic E-state index is -0.421. The van der Waals surface area contributed by atoms with Gasteiger partial charge in [-0.1, -0.05) is 183 Å². The maximum atomic E-state index is 8.97. The third-order valence-corrected chi connectivity index (χ3v) is 10.7. The second-order valence-corrected chi connectivity index (χ2v) is 14.5. The Bertz CT molecular complexity index is 2440. The van der Waals surface area contributed by atoms with Gasteiger partial charge in [-0.25, -0.2) is 15.0 Å². The monoisotopic (exact) mass is 730 g/mol. The van der Waals surface area contributed by atoms with Crippen LogP contribution in [-0.4, -0.2) is 27.0 Å². The van der Waals surface area contributed by atoms with Crippen molar-refractivity contribution in [2.45, 2.75) is 23.4 Å². The van der Waals surface area contributed by atoms with Crippen LogP contribution in [0, 0.1) is 5.41 Å². The Hall–Kier alpha value is -6.70. The molecular formula is C48H38N6S. The molecule has 0 amide bonds. The fraction of sp³-hybridized carbons (Fsp3) is 0.0625. The topological polar surface area (TPSA) is 86.9 Å². The van der Waals surface area contributed by atoms with Crippen LogP contribution in [0.4, 0.5) is 0 Å². The lowest BCUT2D eigenvalue weighted by Crippen LogP contribution is -2.28. The van der Waals surface area contributed by atoms with E-state index >= 15 is 0 Å². The van der Waals surface area contributed by atoms with E-state index in [0.29, 0.717) is 29.5 Å². The van der Waals surface area contributed by atoms with Gasteiger partial charge in [0, 0.05) is 33.7 Å². The summed E-state index contributed by atoms with van der Waals surface area (Å²) >= 11 is 1.70. The van der Waals surface area contributed by atoms with Crippen LogP contribution >= 0.6 is 11.8 Å². The largest absolute Gasteiger partial charge is 0.345 e. The molecule has 1 aliphatic heterocycles. The van der Waals surface area contributed by atoms with E-state index in [4.69, 9.17) is 25.4 Å². The minimum absolute atomic E-state index is 0.0514. The molecule has 2 unspecified atom stereocenters. The Balaban J connectivity index is 0.987. The molecule has 1 aliphatic rings. The zero-order chi connectivity index (χ0) is 37.6. The van der Waals surface area contributed by atoms with Crippen molar-refractivity contribution in [3.05, 3.63) is 204 Å². The Labute approximate surface area is 326 Å². The number of nitrogens with one attached hydrogen (secondary N) is 2. The highest BCUT2D eigenvalue weighted by atomic mass is 32.2. The zero-order valence-electron chi connectivity index (χ0n) is 30.1. The second kappa shape index (κ2) is 16.1. The molecule has 0 spiro atoms. The van der Waals surface area contributed by atoms with Crippen LogP contribution in [0.1, 0.15) is 35.2 Å². The molecule has 6 aromatic carbocycles. The molecular weight excluding hydrogens is 693 g/mol. The predicted molar refractivity (Wildman–Crippen MR) is 227 cm³/mol. The number of amidine groups is 1. The number of hydrogen-bond acceptors (Lipinski definition) is 6. The Morgan fingerprint density at radius 2 is 1.15 bits per heavy atom. The molecule has 0 bridgehead atoms. The summed E-state index contributed by atoms with van der Waals surface area (Å²) in [5.74, 6) is 2.23. The summed E-state index contributed by atoms with van der Waals surface area (Å²) in [4.78, 5) is 21.6. The Morgan fingerprint density at radius 3 is 1.73 bits per heavy atom. The quantitative estimate of drug-likeness (QED) is 0.102. The van der Waals surface area contributed by atoms with Gasteiger partial charge in [-0.3, -0.25) is 10.4 Å². The van der Waals surface area contributed by atoms with E-state index in [1.165, 1.54) is 10.5 Å². The number of allylic oxidation sites excluding steroid dienone is 1. The van der Waals surface area contributed by atoms with Gasteiger partial charge in [0.25, 0.3) is 0 Å². The number of aliphatic imine (C=N–C) groups is 1. The van der Waals surface area contributed by atoms with Gasteiger partial charge in [-0.15, -0.1) is 0 Å². The maximum Gasteiger partial charge on any atom is 0.164 e. The SMILES string of the molecule is C=C(CC1C(=C)Sc2cc(-c3ccc(-c4nc(-c5ccccc5)nc(-c5ccccc5)n4)cc3)ccc21)C(=N)NC(/N=C/c1ccccc1)c1ccccc1. The molecule has 0 fully saturated rings. The molecule has 0 radical (unpaired) electrons. The highest BCUT2D eigenvalue weighted by Gasteiger charge is 2.29. The van der Waals surface area contributed by atoms with Gasteiger partial charge >= 0.3 is 0 Å². The second-order valence-electron chi connectivity index (χ2n) is 13.3. The third-order valence-electron chi connectivity index (χ3n) is 9.57. The van der Waals surface area contributed by atoms with Crippen molar-refractivity contribution in [3.63, 3.8) is 0 Å². The maximum absolute atomic E-state index is 8.97. The molecule has 0 saturated carbocycles. The number of rotatable bonds is 11. The molecule has 55 heavy (non-hydrogen) atoms. The average molecular weight is 731 g/mol. The average Bonchev–Trinajstić information content (AvgIpc) is 3.56.